The van der Waals surface area contributed by atoms with Crippen LogP contribution in [0.1, 0.15) is 30.0 Å². The number of hydrogen-bond acceptors (Lipinski definition) is 4. The van der Waals surface area contributed by atoms with Gasteiger partial charge in [0.1, 0.15) is 29.9 Å². The maximum absolute atomic E-state index is 14.7. The number of imidazole rings is 1. The third kappa shape index (κ3) is 5.35. The van der Waals surface area contributed by atoms with Gasteiger partial charge in [-0.1, -0.05) is 31.2 Å². The van der Waals surface area contributed by atoms with Crippen molar-refractivity contribution in [2.45, 2.75) is 31.7 Å². The summed E-state index contributed by atoms with van der Waals surface area (Å²) in [4.78, 5) is 7.63. The average molecular weight is 503 g/mol. The van der Waals surface area contributed by atoms with Crippen LogP contribution >= 0.6 is 0 Å². The van der Waals surface area contributed by atoms with Crippen LogP contribution in [0.2, 0.25) is 0 Å². The van der Waals surface area contributed by atoms with Crippen molar-refractivity contribution in [3.05, 3.63) is 102 Å². The van der Waals surface area contributed by atoms with E-state index in [1.807, 2.05) is 0 Å². The van der Waals surface area contributed by atoms with Gasteiger partial charge >= 0.3 is 6.18 Å². The molecule has 188 valence electrons. The van der Waals surface area contributed by atoms with Gasteiger partial charge in [-0.2, -0.15) is 18.3 Å². The molecule has 0 fully saturated rings. The molecule has 2 aromatic heterocycles. The Labute approximate surface area is 203 Å². The van der Waals surface area contributed by atoms with Crippen molar-refractivity contribution in [2.75, 3.05) is 0 Å². The summed E-state index contributed by atoms with van der Waals surface area (Å²) in [6.07, 6.45) is 5.40. The molecule has 36 heavy (non-hydrogen) atoms. The second kappa shape index (κ2) is 10.0. The summed E-state index contributed by atoms with van der Waals surface area (Å²) >= 11 is 0. The molecule has 0 spiro atoms. The Morgan fingerprint density at radius 1 is 1.03 bits per heavy atom. The summed E-state index contributed by atoms with van der Waals surface area (Å²) in [6.45, 7) is 1.50. The zero-order valence-corrected chi connectivity index (χ0v) is 19.1. The van der Waals surface area contributed by atoms with Crippen LogP contribution in [0, 0.1) is 17.6 Å². The zero-order chi connectivity index (χ0) is 25.9. The molecule has 6 nitrogen and oxygen atoms in total. The van der Waals surface area contributed by atoms with Gasteiger partial charge in [-0.3, -0.25) is 0 Å². The first-order chi connectivity index (χ1) is 17.1. The minimum atomic E-state index is -4.59. The lowest BCUT2D eigenvalue weighted by molar-refractivity contribution is -0.137. The van der Waals surface area contributed by atoms with Crippen LogP contribution in [0.25, 0.3) is 11.8 Å². The Morgan fingerprint density at radius 2 is 1.83 bits per heavy atom. The second-order valence-corrected chi connectivity index (χ2v) is 8.42. The average Bonchev–Trinajstić information content (AvgIpc) is 3.52. The molecule has 0 amide bonds. The normalized spacial score (nSPS) is 14.8. The first-order valence-electron chi connectivity index (χ1n) is 10.9. The Morgan fingerprint density at radius 3 is 2.47 bits per heavy atom. The summed E-state index contributed by atoms with van der Waals surface area (Å²) in [5, 5.41) is 15.5. The molecule has 0 bridgehead atoms. The van der Waals surface area contributed by atoms with Crippen molar-refractivity contribution in [3.63, 3.8) is 0 Å². The van der Waals surface area contributed by atoms with E-state index in [1.54, 1.807) is 13.0 Å². The lowest BCUT2D eigenvalue weighted by atomic mass is 9.80. The monoisotopic (exact) mass is 503 g/mol. The number of rotatable bonds is 8. The number of halogens is 5. The summed E-state index contributed by atoms with van der Waals surface area (Å²) in [5.41, 5.74) is -2.51. The fourth-order valence-corrected chi connectivity index (χ4v) is 4.02. The van der Waals surface area contributed by atoms with E-state index in [-0.39, 0.29) is 24.2 Å². The van der Waals surface area contributed by atoms with Gasteiger partial charge in [0.2, 0.25) is 0 Å². The van der Waals surface area contributed by atoms with Gasteiger partial charge in [-0.15, -0.1) is 0 Å². The van der Waals surface area contributed by atoms with Crippen molar-refractivity contribution in [1.29, 1.82) is 0 Å². The number of aliphatic hydroxyl groups is 1. The second-order valence-electron chi connectivity index (χ2n) is 8.42. The van der Waals surface area contributed by atoms with Crippen LogP contribution in [0.5, 0.6) is 0 Å². The number of hydrogen-bond donors (Lipinski definition) is 1. The highest BCUT2D eigenvalue weighted by atomic mass is 19.4. The summed E-state index contributed by atoms with van der Waals surface area (Å²) in [6, 6.07) is 6.82. The number of nitrogens with zero attached hydrogens (tertiary/aromatic N) is 5. The van der Waals surface area contributed by atoms with Gasteiger partial charge in [0, 0.05) is 24.0 Å². The Kier molecular flexibility index (Phi) is 7.02. The topological polar surface area (TPSA) is 68.8 Å². The van der Waals surface area contributed by atoms with Gasteiger partial charge in [0.25, 0.3) is 0 Å². The standard InChI is InChI=1S/C25H22F5N5O/c1-17(24(36,13-35-16-32-14-33-35)20-7-6-19(26)12-22(20)27)3-2-4-18-5-8-23(34-10-9-31-15-34)21(11-18)25(28,29)30/h2,4-12,14-17,36H,3,13H2,1H3/b4-2+/t17-,24+/m0/s1. The molecule has 11 heteroatoms. The Balaban J connectivity index is 1.60. The predicted molar refractivity (Wildman–Crippen MR) is 122 cm³/mol. The SMILES string of the molecule is C[C@@H](C/C=C/c1ccc(-n2ccnc2)c(C(F)(F)F)c1)[C@](O)(Cn1cncn1)c1ccc(F)cc1F. The van der Waals surface area contributed by atoms with E-state index in [4.69, 9.17) is 0 Å². The maximum Gasteiger partial charge on any atom is 0.418 e. The third-order valence-electron chi connectivity index (χ3n) is 5.99. The van der Waals surface area contributed by atoms with Crippen molar-refractivity contribution in [1.82, 2.24) is 24.3 Å². The Hall–Kier alpha value is -3.86. The molecular weight excluding hydrogens is 481 g/mol. The molecule has 2 aromatic carbocycles. The van der Waals surface area contributed by atoms with Crippen LogP contribution in [0.15, 0.2) is 73.8 Å². The highest BCUT2D eigenvalue weighted by Crippen LogP contribution is 2.37. The maximum atomic E-state index is 14.7. The van der Waals surface area contributed by atoms with Crippen molar-refractivity contribution in [2.24, 2.45) is 5.92 Å². The first kappa shape index (κ1) is 25.2. The van der Waals surface area contributed by atoms with Crippen LogP contribution < -0.4 is 0 Å². The molecule has 0 aliphatic carbocycles. The first-order valence-corrected chi connectivity index (χ1v) is 10.9. The van der Waals surface area contributed by atoms with E-state index in [0.29, 0.717) is 11.6 Å². The number of allylic oxidation sites excluding steroid dienone is 1. The molecule has 0 unspecified atom stereocenters. The van der Waals surface area contributed by atoms with Gasteiger partial charge in [-0.05, 0) is 36.1 Å². The molecule has 0 saturated carbocycles. The lowest BCUT2D eigenvalue weighted by Gasteiger charge is -2.34. The van der Waals surface area contributed by atoms with Gasteiger partial charge < -0.3 is 9.67 Å². The summed E-state index contributed by atoms with van der Waals surface area (Å²) in [7, 11) is 0. The van der Waals surface area contributed by atoms with E-state index >= 15 is 0 Å². The molecule has 0 radical (unpaired) electrons. The molecule has 0 aliphatic rings. The molecule has 2 heterocycles. The summed E-state index contributed by atoms with van der Waals surface area (Å²) < 4.78 is 71.8. The predicted octanol–water partition coefficient (Wildman–Crippen LogP) is 5.39. The molecule has 4 rings (SSSR count). The highest BCUT2D eigenvalue weighted by molar-refractivity contribution is 5.56. The van der Waals surface area contributed by atoms with E-state index in [9.17, 15) is 27.1 Å². The molecule has 2 atom stereocenters. The fraction of sp³-hybridized carbons (Fsp3) is 0.240. The Bertz CT molecular complexity index is 1340. The molecular formula is C25H22F5N5O. The van der Waals surface area contributed by atoms with Crippen LogP contribution in [0.4, 0.5) is 22.0 Å². The number of alkyl halides is 3. The van der Waals surface area contributed by atoms with Gasteiger partial charge in [-0.25, -0.2) is 23.4 Å². The van der Waals surface area contributed by atoms with E-state index in [1.165, 1.54) is 64.9 Å². The van der Waals surface area contributed by atoms with E-state index in [2.05, 4.69) is 15.1 Å². The summed E-state index contributed by atoms with van der Waals surface area (Å²) in [5.74, 6) is -2.34. The quantitative estimate of drug-likeness (QED) is 0.328. The van der Waals surface area contributed by atoms with Crippen LogP contribution in [-0.4, -0.2) is 29.4 Å². The largest absolute Gasteiger partial charge is 0.418 e. The third-order valence-corrected chi connectivity index (χ3v) is 5.99. The molecule has 4 aromatic rings. The van der Waals surface area contributed by atoms with E-state index < -0.39 is 34.9 Å². The van der Waals surface area contributed by atoms with E-state index in [0.717, 1.165) is 12.1 Å². The number of benzene rings is 2. The lowest BCUT2D eigenvalue weighted by Crippen LogP contribution is -2.39. The fourth-order valence-electron chi connectivity index (χ4n) is 4.02. The minimum absolute atomic E-state index is 0.0560. The van der Waals surface area contributed by atoms with Crippen molar-refractivity contribution < 1.29 is 27.1 Å². The van der Waals surface area contributed by atoms with Gasteiger partial charge in [0.05, 0.1) is 24.1 Å². The smallest absolute Gasteiger partial charge is 0.383 e. The van der Waals surface area contributed by atoms with Crippen LogP contribution in [-0.2, 0) is 18.3 Å². The molecule has 0 saturated heterocycles. The van der Waals surface area contributed by atoms with Crippen molar-refractivity contribution >= 4 is 6.08 Å². The molecule has 0 aliphatic heterocycles. The molecule has 1 N–H and O–H groups in total. The highest BCUT2D eigenvalue weighted by Gasteiger charge is 2.38. The number of aromatic nitrogens is 5. The minimum Gasteiger partial charge on any atom is -0.383 e. The van der Waals surface area contributed by atoms with Crippen LogP contribution in [0.3, 0.4) is 0 Å². The van der Waals surface area contributed by atoms with Crippen molar-refractivity contribution in [3.8, 4) is 5.69 Å². The zero-order valence-electron chi connectivity index (χ0n) is 19.1. The van der Waals surface area contributed by atoms with Gasteiger partial charge in [0.15, 0.2) is 0 Å².